The Hall–Kier alpha value is -1.06. The number of alkyl halides is 1. The molecule has 1 N–H and O–H groups in total. The fourth-order valence-corrected chi connectivity index (χ4v) is 2.56. The Morgan fingerprint density at radius 1 is 1.47 bits per heavy atom. The van der Waals surface area contributed by atoms with Crippen LogP contribution in [0, 0.1) is 15.9 Å². The summed E-state index contributed by atoms with van der Waals surface area (Å²) in [6, 6.07) is 2.42. The Balaban J connectivity index is 3.09. The van der Waals surface area contributed by atoms with E-state index in [1.54, 1.807) is 0 Å². The van der Waals surface area contributed by atoms with Gasteiger partial charge in [0, 0.05) is 24.0 Å². The molecule has 1 aromatic rings. The summed E-state index contributed by atoms with van der Waals surface area (Å²) >= 11 is 3.03. The first kappa shape index (κ1) is 14.0. The summed E-state index contributed by atoms with van der Waals surface area (Å²) in [5, 5.41) is 10.8. The zero-order valence-electron chi connectivity index (χ0n) is 8.39. The van der Waals surface area contributed by atoms with Crippen molar-refractivity contribution in [2.24, 2.45) is 0 Å². The molecule has 0 aliphatic heterocycles. The Bertz CT molecular complexity index is 534. The van der Waals surface area contributed by atoms with Gasteiger partial charge in [-0.1, -0.05) is 15.9 Å². The van der Waals surface area contributed by atoms with Crippen LogP contribution in [-0.2, 0) is 10.0 Å². The number of sulfonamides is 1. The predicted octanol–water partition coefficient (Wildman–Crippen LogP) is 1.41. The number of halogens is 2. The number of nitrogens with zero attached hydrogens (tertiary/aromatic N) is 1. The van der Waals surface area contributed by atoms with Gasteiger partial charge in [-0.15, -0.1) is 0 Å². The van der Waals surface area contributed by atoms with Crippen LogP contribution in [0.4, 0.5) is 10.1 Å². The fraction of sp³-hybridized carbons (Fsp3) is 0.250. The molecule has 0 amide bonds. The molecule has 0 heterocycles. The maximum atomic E-state index is 13.2. The third-order valence-corrected chi connectivity index (χ3v) is 3.67. The fourth-order valence-electron chi connectivity index (χ4n) is 1.06. The number of benzene rings is 1. The Kier molecular flexibility index (Phi) is 4.54. The summed E-state index contributed by atoms with van der Waals surface area (Å²) in [6.07, 6.45) is 0. The quantitative estimate of drug-likeness (QED) is 0.503. The van der Waals surface area contributed by atoms with Crippen LogP contribution >= 0.6 is 15.9 Å². The minimum Gasteiger partial charge on any atom is -0.258 e. The number of nitro benzene ring substituents is 1. The molecule has 1 aromatic carbocycles. The number of nitrogens with one attached hydrogen (secondary N) is 1. The number of nitro groups is 1. The van der Waals surface area contributed by atoms with Gasteiger partial charge in [-0.3, -0.25) is 10.1 Å². The van der Waals surface area contributed by atoms with Crippen molar-refractivity contribution >= 4 is 31.6 Å². The average Bonchev–Trinajstić information content (AvgIpc) is 2.25. The van der Waals surface area contributed by atoms with E-state index in [1.807, 2.05) is 0 Å². The maximum absolute atomic E-state index is 13.2. The SMILES string of the molecule is O=[N+]([O-])c1ccc(S(=O)(=O)NCCBr)cc1F. The summed E-state index contributed by atoms with van der Waals surface area (Å²) in [5.74, 6) is -1.18. The van der Waals surface area contributed by atoms with E-state index in [0.717, 1.165) is 12.1 Å². The minimum atomic E-state index is -3.83. The summed E-state index contributed by atoms with van der Waals surface area (Å²) in [7, 11) is -3.83. The second-order valence-corrected chi connectivity index (χ2v) is 5.52. The van der Waals surface area contributed by atoms with Crippen molar-refractivity contribution in [2.45, 2.75) is 4.90 Å². The van der Waals surface area contributed by atoms with Crippen LogP contribution in [0.25, 0.3) is 0 Å². The summed E-state index contributed by atoms with van der Waals surface area (Å²) in [5.41, 5.74) is -0.760. The Morgan fingerprint density at radius 3 is 2.59 bits per heavy atom. The van der Waals surface area contributed by atoms with Gasteiger partial charge < -0.3 is 0 Å². The molecule has 0 fully saturated rings. The smallest absolute Gasteiger partial charge is 0.258 e. The van der Waals surface area contributed by atoms with Crippen molar-refractivity contribution < 1.29 is 17.7 Å². The molecule has 17 heavy (non-hydrogen) atoms. The van der Waals surface area contributed by atoms with E-state index in [9.17, 15) is 22.9 Å². The lowest BCUT2D eigenvalue weighted by molar-refractivity contribution is -0.387. The molecule has 0 spiro atoms. The lowest BCUT2D eigenvalue weighted by Crippen LogP contribution is -2.25. The van der Waals surface area contributed by atoms with Crippen molar-refractivity contribution in [3.63, 3.8) is 0 Å². The van der Waals surface area contributed by atoms with Crippen molar-refractivity contribution in [1.29, 1.82) is 0 Å². The zero-order valence-corrected chi connectivity index (χ0v) is 10.8. The van der Waals surface area contributed by atoms with Gasteiger partial charge in [-0.25, -0.2) is 13.1 Å². The summed E-state index contributed by atoms with van der Waals surface area (Å²) in [6.45, 7) is 0.140. The van der Waals surface area contributed by atoms with Crippen molar-refractivity contribution in [3.8, 4) is 0 Å². The standard InChI is InChI=1S/C8H8BrFN2O4S/c9-3-4-11-17(15,16)6-1-2-8(12(13)14)7(10)5-6/h1-2,5,11H,3-4H2. The van der Waals surface area contributed by atoms with E-state index in [4.69, 9.17) is 0 Å². The molecule has 0 bridgehead atoms. The average molecular weight is 327 g/mol. The lowest BCUT2D eigenvalue weighted by Gasteiger charge is -2.05. The van der Waals surface area contributed by atoms with E-state index in [1.165, 1.54) is 0 Å². The van der Waals surface area contributed by atoms with Crippen LogP contribution in [0.15, 0.2) is 23.1 Å². The van der Waals surface area contributed by atoms with Crippen LogP contribution in [0.1, 0.15) is 0 Å². The highest BCUT2D eigenvalue weighted by Gasteiger charge is 2.19. The molecule has 0 unspecified atom stereocenters. The first-order valence-electron chi connectivity index (χ1n) is 4.38. The van der Waals surface area contributed by atoms with Gasteiger partial charge in [0.2, 0.25) is 15.8 Å². The number of hydrogen-bond acceptors (Lipinski definition) is 4. The van der Waals surface area contributed by atoms with E-state index in [2.05, 4.69) is 20.7 Å². The molecular formula is C8H8BrFN2O4S. The molecule has 9 heteroatoms. The first-order valence-corrected chi connectivity index (χ1v) is 6.98. The molecule has 0 saturated heterocycles. The highest BCUT2D eigenvalue weighted by Crippen LogP contribution is 2.20. The largest absolute Gasteiger partial charge is 0.304 e. The van der Waals surface area contributed by atoms with Gasteiger partial charge in [-0.05, 0) is 6.07 Å². The molecule has 0 atom stereocenters. The molecular weight excluding hydrogens is 319 g/mol. The van der Waals surface area contributed by atoms with E-state index >= 15 is 0 Å². The van der Waals surface area contributed by atoms with Gasteiger partial charge in [-0.2, -0.15) is 4.39 Å². The van der Waals surface area contributed by atoms with Gasteiger partial charge in [0.1, 0.15) is 0 Å². The zero-order chi connectivity index (χ0) is 13.1. The second kappa shape index (κ2) is 5.52. The van der Waals surface area contributed by atoms with Crippen LogP contribution < -0.4 is 4.72 Å². The Morgan fingerprint density at radius 2 is 2.12 bits per heavy atom. The topological polar surface area (TPSA) is 89.3 Å². The van der Waals surface area contributed by atoms with Crippen molar-refractivity contribution in [3.05, 3.63) is 34.1 Å². The third-order valence-electron chi connectivity index (χ3n) is 1.81. The molecule has 0 saturated carbocycles. The van der Waals surface area contributed by atoms with E-state index < -0.39 is 26.5 Å². The number of hydrogen-bond donors (Lipinski definition) is 1. The van der Waals surface area contributed by atoms with Crippen LogP contribution in [-0.4, -0.2) is 25.2 Å². The molecule has 0 radical (unpaired) electrons. The number of rotatable bonds is 5. The lowest BCUT2D eigenvalue weighted by atomic mass is 10.3. The van der Waals surface area contributed by atoms with Crippen LogP contribution in [0.2, 0.25) is 0 Å². The maximum Gasteiger partial charge on any atom is 0.304 e. The molecule has 94 valence electrons. The molecule has 0 aromatic heterocycles. The minimum absolute atomic E-state index is 0.140. The highest BCUT2D eigenvalue weighted by atomic mass is 79.9. The van der Waals surface area contributed by atoms with E-state index in [0.29, 0.717) is 11.4 Å². The molecule has 0 aliphatic rings. The Labute approximate surface area is 105 Å². The first-order chi connectivity index (χ1) is 7.88. The van der Waals surface area contributed by atoms with E-state index in [-0.39, 0.29) is 11.4 Å². The van der Waals surface area contributed by atoms with Crippen LogP contribution in [0.3, 0.4) is 0 Å². The van der Waals surface area contributed by atoms with Gasteiger partial charge >= 0.3 is 5.69 Å². The molecule has 1 rings (SSSR count). The summed E-state index contributed by atoms with van der Waals surface area (Å²) in [4.78, 5) is 9.08. The van der Waals surface area contributed by atoms with Crippen molar-refractivity contribution in [1.82, 2.24) is 4.72 Å². The van der Waals surface area contributed by atoms with Crippen LogP contribution in [0.5, 0.6) is 0 Å². The third kappa shape index (κ3) is 3.45. The molecule has 6 nitrogen and oxygen atoms in total. The normalized spacial score (nSPS) is 11.4. The summed E-state index contributed by atoms with van der Waals surface area (Å²) < 4.78 is 38.5. The van der Waals surface area contributed by atoms with Gasteiger partial charge in [0.15, 0.2) is 0 Å². The molecule has 0 aliphatic carbocycles. The van der Waals surface area contributed by atoms with Gasteiger partial charge in [0.05, 0.1) is 9.82 Å². The highest BCUT2D eigenvalue weighted by molar-refractivity contribution is 9.09. The predicted molar refractivity (Wildman–Crippen MR) is 62.0 cm³/mol. The monoisotopic (exact) mass is 326 g/mol. The van der Waals surface area contributed by atoms with Crippen molar-refractivity contribution in [2.75, 3.05) is 11.9 Å². The second-order valence-electron chi connectivity index (χ2n) is 2.96. The van der Waals surface area contributed by atoms with Gasteiger partial charge in [0.25, 0.3) is 0 Å².